The molecule has 6 fully saturated rings. The van der Waals surface area contributed by atoms with Gasteiger partial charge in [0.15, 0.2) is 0 Å². The molecule has 6 bridgehead atoms. The Morgan fingerprint density at radius 3 is 2.83 bits per heavy atom. The zero-order chi connectivity index (χ0) is 15.3. The number of carbonyl (C=O) groups is 1. The summed E-state index contributed by atoms with van der Waals surface area (Å²) in [5, 5.41) is 7.45. The first-order chi connectivity index (χ1) is 11.2. The normalized spacial score (nSPS) is 51.3. The standard InChI is InChI=1S/C18H18BrN3O/c19-18-7-11-9-6-10-12(11)15(18)16(13(10)14(9)18)21-22-17(23)20-8-4-2-1-3-5-8/h1-5,9-15H,6-7H2,(H2,20,22,23)/b21-16-/t9-,10+,11+,12-,13-,14-,15+,18-/m0/s1. The lowest BCUT2D eigenvalue weighted by molar-refractivity contribution is 0.149. The van der Waals surface area contributed by atoms with Gasteiger partial charge in [0.2, 0.25) is 0 Å². The van der Waals surface area contributed by atoms with Crippen LogP contribution in [0.25, 0.3) is 0 Å². The Bertz CT molecular complexity index is 750. The van der Waals surface area contributed by atoms with E-state index in [4.69, 9.17) is 0 Å². The van der Waals surface area contributed by atoms with Crippen LogP contribution >= 0.6 is 15.9 Å². The fourth-order valence-electron chi connectivity index (χ4n) is 7.16. The van der Waals surface area contributed by atoms with E-state index in [2.05, 4.69) is 31.8 Å². The molecule has 6 aliphatic rings. The molecule has 0 spiro atoms. The molecule has 0 radical (unpaired) electrons. The highest BCUT2D eigenvalue weighted by molar-refractivity contribution is 9.10. The van der Waals surface area contributed by atoms with Gasteiger partial charge in [-0.05, 0) is 54.6 Å². The van der Waals surface area contributed by atoms with Crippen molar-refractivity contribution in [1.29, 1.82) is 0 Å². The van der Waals surface area contributed by atoms with E-state index in [9.17, 15) is 4.79 Å². The highest BCUT2D eigenvalue weighted by atomic mass is 79.9. The van der Waals surface area contributed by atoms with Gasteiger partial charge in [0.1, 0.15) is 0 Å². The molecule has 0 heterocycles. The summed E-state index contributed by atoms with van der Waals surface area (Å²) in [6, 6.07) is 9.26. The van der Waals surface area contributed by atoms with Crippen molar-refractivity contribution in [2.24, 2.45) is 46.5 Å². The van der Waals surface area contributed by atoms with E-state index in [1.54, 1.807) is 0 Å². The van der Waals surface area contributed by atoms with Crippen molar-refractivity contribution in [1.82, 2.24) is 5.43 Å². The zero-order valence-electron chi connectivity index (χ0n) is 12.6. The molecule has 0 aromatic heterocycles. The molecule has 8 atom stereocenters. The maximum atomic E-state index is 12.1. The Morgan fingerprint density at radius 1 is 1.22 bits per heavy atom. The van der Waals surface area contributed by atoms with Gasteiger partial charge in [-0.15, -0.1) is 0 Å². The van der Waals surface area contributed by atoms with Crippen LogP contribution in [0.15, 0.2) is 35.4 Å². The third-order valence-corrected chi connectivity index (χ3v) is 8.72. The van der Waals surface area contributed by atoms with Crippen LogP contribution in [-0.4, -0.2) is 16.1 Å². The molecule has 7 rings (SSSR count). The topological polar surface area (TPSA) is 53.5 Å². The zero-order valence-corrected chi connectivity index (χ0v) is 14.2. The molecule has 1 aromatic carbocycles. The van der Waals surface area contributed by atoms with Crippen LogP contribution in [0.1, 0.15) is 12.8 Å². The number of amides is 2. The van der Waals surface area contributed by atoms with Gasteiger partial charge in [0, 0.05) is 27.6 Å². The largest absolute Gasteiger partial charge is 0.339 e. The third-order valence-electron chi connectivity index (χ3n) is 7.38. The number of anilines is 1. The maximum Gasteiger partial charge on any atom is 0.339 e. The Labute approximate surface area is 143 Å². The van der Waals surface area contributed by atoms with Crippen LogP contribution in [0.4, 0.5) is 10.5 Å². The van der Waals surface area contributed by atoms with E-state index in [0.29, 0.717) is 16.2 Å². The van der Waals surface area contributed by atoms with E-state index < -0.39 is 0 Å². The predicted octanol–water partition coefficient (Wildman–Crippen LogP) is 3.46. The minimum Gasteiger partial charge on any atom is -0.307 e. The molecule has 5 heteroatoms. The average Bonchev–Trinajstić information content (AvgIpc) is 3.24. The second kappa shape index (κ2) is 4.00. The smallest absolute Gasteiger partial charge is 0.307 e. The number of urea groups is 1. The summed E-state index contributed by atoms with van der Waals surface area (Å²) >= 11 is 4.11. The lowest BCUT2D eigenvalue weighted by atomic mass is 9.71. The van der Waals surface area contributed by atoms with Gasteiger partial charge in [-0.3, -0.25) is 0 Å². The van der Waals surface area contributed by atoms with Gasteiger partial charge >= 0.3 is 6.03 Å². The second-order valence-corrected chi connectivity index (χ2v) is 9.41. The van der Waals surface area contributed by atoms with E-state index in [0.717, 1.165) is 35.3 Å². The fourth-order valence-corrected chi connectivity index (χ4v) is 8.70. The van der Waals surface area contributed by atoms with Gasteiger partial charge < -0.3 is 5.32 Å². The fraction of sp³-hybridized carbons (Fsp3) is 0.556. The predicted molar refractivity (Wildman–Crippen MR) is 91.4 cm³/mol. The average molecular weight is 372 g/mol. The number of benzene rings is 1. The molecule has 2 N–H and O–H groups in total. The first kappa shape index (κ1) is 13.0. The van der Waals surface area contributed by atoms with Crippen molar-refractivity contribution >= 4 is 33.4 Å². The van der Waals surface area contributed by atoms with E-state index in [-0.39, 0.29) is 6.03 Å². The number of alkyl halides is 1. The van der Waals surface area contributed by atoms with Crippen molar-refractivity contribution in [3.05, 3.63) is 30.3 Å². The summed E-state index contributed by atoms with van der Waals surface area (Å²) in [6.07, 6.45) is 2.74. The van der Waals surface area contributed by atoms with Gasteiger partial charge in [0.05, 0.1) is 0 Å². The lowest BCUT2D eigenvalue weighted by Gasteiger charge is -2.37. The molecule has 0 aliphatic heterocycles. The van der Waals surface area contributed by atoms with E-state index >= 15 is 0 Å². The molecular formula is C18H18BrN3O. The van der Waals surface area contributed by atoms with Crippen molar-refractivity contribution in [2.45, 2.75) is 17.2 Å². The SMILES string of the molecule is O=C(N/N=C1/[C@H]2[C@@H]3C[C@H]4[C@H]5C[C@](Br)([C@@H]42)[C@@H]1[C@H]53)Nc1ccccc1. The molecule has 118 valence electrons. The molecule has 6 saturated carbocycles. The van der Waals surface area contributed by atoms with Crippen LogP contribution in [0.3, 0.4) is 0 Å². The Morgan fingerprint density at radius 2 is 2.04 bits per heavy atom. The number of rotatable bonds is 2. The first-order valence-electron chi connectivity index (χ1n) is 8.57. The number of carbonyl (C=O) groups excluding carboxylic acids is 1. The molecular weight excluding hydrogens is 354 g/mol. The molecule has 0 unspecified atom stereocenters. The minimum atomic E-state index is -0.245. The van der Waals surface area contributed by atoms with Gasteiger partial charge in [-0.25, -0.2) is 10.2 Å². The summed E-state index contributed by atoms with van der Waals surface area (Å²) in [7, 11) is 0. The Hall–Kier alpha value is -1.36. The first-order valence-corrected chi connectivity index (χ1v) is 9.36. The number of hydrogen-bond acceptors (Lipinski definition) is 2. The van der Waals surface area contributed by atoms with Crippen LogP contribution in [0, 0.1) is 41.4 Å². The monoisotopic (exact) mass is 371 g/mol. The van der Waals surface area contributed by atoms with Gasteiger partial charge in [0.25, 0.3) is 0 Å². The van der Waals surface area contributed by atoms with Crippen molar-refractivity contribution in [3.8, 4) is 0 Å². The van der Waals surface area contributed by atoms with Crippen LogP contribution in [0.5, 0.6) is 0 Å². The van der Waals surface area contributed by atoms with Gasteiger partial charge in [-0.2, -0.15) is 5.10 Å². The van der Waals surface area contributed by atoms with Crippen LogP contribution < -0.4 is 10.7 Å². The number of para-hydroxylation sites is 1. The Kier molecular flexibility index (Phi) is 2.26. The lowest BCUT2D eigenvalue weighted by Crippen LogP contribution is -2.39. The van der Waals surface area contributed by atoms with Crippen molar-refractivity contribution in [3.63, 3.8) is 0 Å². The number of halogens is 1. The molecule has 4 nitrogen and oxygen atoms in total. The molecule has 23 heavy (non-hydrogen) atoms. The molecule has 6 aliphatic carbocycles. The molecule has 2 amide bonds. The Balaban J connectivity index is 1.25. The van der Waals surface area contributed by atoms with Crippen molar-refractivity contribution in [2.75, 3.05) is 5.32 Å². The second-order valence-electron chi connectivity index (χ2n) is 7.93. The summed E-state index contributed by atoms with van der Waals surface area (Å²) < 4.78 is 0.307. The van der Waals surface area contributed by atoms with Gasteiger partial charge in [-0.1, -0.05) is 34.1 Å². The van der Waals surface area contributed by atoms with E-state index in [1.165, 1.54) is 18.6 Å². The minimum absolute atomic E-state index is 0.245. The number of hydrazone groups is 1. The highest BCUT2D eigenvalue weighted by Gasteiger charge is 2.84. The summed E-state index contributed by atoms with van der Waals surface area (Å²) in [5.41, 5.74) is 4.83. The quantitative estimate of drug-likeness (QED) is 0.606. The van der Waals surface area contributed by atoms with E-state index in [1.807, 2.05) is 30.3 Å². The summed E-state index contributed by atoms with van der Waals surface area (Å²) in [4.78, 5) is 12.1. The van der Waals surface area contributed by atoms with Crippen LogP contribution in [0.2, 0.25) is 0 Å². The summed E-state index contributed by atoms with van der Waals surface area (Å²) in [6.45, 7) is 0. The number of nitrogens with one attached hydrogen (secondary N) is 2. The highest BCUT2D eigenvalue weighted by Crippen LogP contribution is 2.85. The summed E-state index contributed by atoms with van der Waals surface area (Å²) in [5.74, 6) is 5.53. The van der Waals surface area contributed by atoms with Crippen molar-refractivity contribution < 1.29 is 4.79 Å². The maximum absolute atomic E-state index is 12.1. The molecule has 0 saturated heterocycles. The number of nitrogens with zero attached hydrogens (tertiary/aromatic N) is 1. The number of hydrogen-bond donors (Lipinski definition) is 2. The van der Waals surface area contributed by atoms with Crippen LogP contribution in [-0.2, 0) is 0 Å². The third kappa shape index (κ3) is 1.36. The molecule has 1 aromatic rings.